The summed E-state index contributed by atoms with van der Waals surface area (Å²) in [6.07, 6.45) is 0.837. The Morgan fingerprint density at radius 3 is 2.74 bits per heavy atom. The predicted molar refractivity (Wildman–Crippen MR) is 77.7 cm³/mol. The van der Waals surface area contributed by atoms with Crippen molar-refractivity contribution in [3.8, 4) is 11.5 Å². The number of hydrogen-bond donors (Lipinski definition) is 0. The molecule has 0 fully saturated rings. The van der Waals surface area contributed by atoms with Crippen LogP contribution >= 0.6 is 12.2 Å². The molecule has 104 valence electrons. The lowest BCUT2D eigenvalue weighted by atomic mass is 9.93. The van der Waals surface area contributed by atoms with Crippen LogP contribution in [0.4, 0.5) is 0 Å². The molecule has 0 amide bonds. The third-order valence-electron chi connectivity index (χ3n) is 3.43. The van der Waals surface area contributed by atoms with Gasteiger partial charge in [0.15, 0.2) is 11.5 Å². The number of hydrogen-bond acceptors (Lipinski definition) is 4. The first-order valence-electron chi connectivity index (χ1n) is 6.14. The molecule has 19 heavy (non-hydrogen) atoms. The minimum Gasteiger partial charge on any atom is -0.474 e. The molecule has 0 atom stereocenters. The van der Waals surface area contributed by atoms with Crippen LogP contribution in [0.3, 0.4) is 0 Å². The molecule has 0 unspecified atom stereocenters. The first-order chi connectivity index (χ1) is 8.94. The average molecular weight is 281 g/mol. The second-order valence-corrected chi connectivity index (χ2v) is 5.56. The number of rotatable bonds is 3. The van der Waals surface area contributed by atoms with Crippen LogP contribution in [0.2, 0.25) is 0 Å². The Morgan fingerprint density at radius 2 is 2.05 bits per heavy atom. The zero-order valence-electron chi connectivity index (χ0n) is 11.7. The van der Waals surface area contributed by atoms with Crippen molar-refractivity contribution in [2.75, 3.05) is 21.0 Å². The molecule has 4 nitrogen and oxygen atoms in total. The summed E-state index contributed by atoms with van der Waals surface area (Å²) in [5, 5.41) is 0.491. The van der Waals surface area contributed by atoms with Crippen molar-refractivity contribution in [3.05, 3.63) is 23.8 Å². The van der Waals surface area contributed by atoms with Crippen LogP contribution in [0.5, 0.6) is 11.5 Å². The third kappa shape index (κ3) is 2.92. The molecule has 1 aromatic carbocycles. The first kappa shape index (κ1) is 13.9. The fourth-order valence-corrected chi connectivity index (χ4v) is 2.30. The van der Waals surface area contributed by atoms with E-state index in [0.29, 0.717) is 12.0 Å². The predicted octanol–water partition coefficient (Wildman–Crippen LogP) is 2.60. The van der Waals surface area contributed by atoms with Gasteiger partial charge >= 0.3 is 0 Å². The third-order valence-corrected chi connectivity index (χ3v) is 3.87. The van der Waals surface area contributed by atoms with Crippen molar-refractivity contribution >= 4 is 17.4 Å². The van der Waals surface area contributed by atoms with Gasteiger partial charge in [0.05, 0.1) is 7.11 Å². The molecular formula is C14H19NO3S. The van der Waals surface area contributed by atoms with E-state index in [2.05, 4.69) is 19.9 Å². The van der Waals surface area contributed by atoms with Crippen molar-refractivity contribution in [1.29, 1.82) is 0 Å². The van der Waals surface area contributed by atoms with Gasteiger partial charge < -0.3 is 19.1 Å². The summed E-state index contributed by atoms with van der Waals surface area (Å²) in [5.74, 6) is 1.62. The molecule has 0 radical (unpaired) electrons. The molecule has 0 saturated carbocycles. The van der Waals surface area contributed by atoms with E-state index in [1.54, 1.807) is 7.11 Å². The Morgan fingerprint density at radius 1 is 1.37 bits per heavy atom. The minimum atomic E-state index is -0.138. The molecule has 1 aliphatic rings. The van der Waals surface area contributed by atoms with Gasteiger partial charge in [0.2, 0.25) is 6.79 Å². The number of benzene rings is 1. The van der Waals surface area contributed by atoms with E-state index in [-0.39, 0.29) is 5.54 Å². The Bertz CT molecular complexity index is 488. The minimum absolute atomic E-state index is 0.138. The maximum absolute atomic E-state index is 5.40. The highest BCUT2D eigenvalue weighted by molar-refractivity contribution is 7.80. The fraction of sp³-hybridized carbons (Fsp3) is 0.500. The number of nitrogens with zero attached hydrogens (tertiary/aromatic N) is 1. The van der Waals surface area contributed by atoms with Crippen LogP contribution in [-0.2, 0) is 11.2 Å². The zero-order valence-corrected chi connectivity index (χ0v) is 12.5. The first-order valence-corrected chi connectivity index (χ1v) is 6.55. The summed E-state index contributed by atoms with van der Waals surface area (Å²) in [7, 11) is 3.54. The standard InChI is InChI=1S/C14H19NO3S/c1-14(2,15(3)13(19)16-4)8-10-5-6-11-12(7-10)18-9-17-11/h5-7H,8-9H2,1-4H3. The fourth-order valence-electron chi connectivity index (χ4n) is 2.05. The summed E-state index contributed by atoms with van der Waals surface area (Å²) in [5.41, 5.74) is 1.04. The van der Waals surface area contributed by atoms with Gasteiger partial charge in [-0.25, -0.2) is 0 Å². The average Bonchev–Trinajstić information content (AvgIpc) is 2.83. The molecule has 0 saturated heterocycles. The molecule has 2 rings (SSSR count). The van der Waals surface area contributed by atoms with Crippen molar-refractivity contribution < 1.29 is 14.2 Å². The summed E-state index contributed by atoms with van der Waals surface area (Å²) in [4.78, 5) is 1.97. The summed E-state index contributed by atoms with van der Waals surface area (Å²) < 4.78 is 15.8. The normalized spacial score (nSPS) is 13.3. The molecule has 0 spiro atoms. The number of thiocarbonyl (C=S) groups is 1. The summed E-state index contributed by atoms with van der Waals surface area (Å²) in [6, 6.07) is 6.02. The molecule has 0 aliphatic carbocycles. The lowest BCUT2D eigenvalue weighted by Gasteiger charge is -2.36. The van der Waals surface area contributed by atoms with Gasteiger partial charge in [-0.05, 0) is 50.2 Å². The number of ether oxygens (including phenoxy) is 3. The highest BCUT2D eigenvalue weighted by atomic mass is 32.1. The molecule has 0 aromatic heterocycles. The van der Waals surface area contributed by atoms with Gasteiger partial charge in [-0.1, -0.05) is 6.07 Å². The zero-order chi connectivity index (χ0) is 14.0. The van der Waals surface area contributed by atoms with Gasteiger partial charge in [0.25, 0.3) is 5.17 Å². The maximum atomic E-state index is 5.40. The van der Waals surface area contributed by atoms with Crippen LogP contribution in [0, 0.1) is 0 Å². The SMILES string of the molecule is COC(=S)N(C)C(C)(C)Cc1ccc2c(c1)OCO2. The quantitative estimate of drug-likeness (QED) is 0.795. The number of methoxy groups -OCH3 is 1. The van der Waals surface area contributed by atoms with Crippen molar-refractivity contribution in [3.63, 3.8) is 0 Å². The Labute approximate surface area is 119 Å². The number of fused-ring (bicyclic) bond motifs is 1. The molecule has 1 heterocycles. The van der Waals surface area contributed by atoms with Crippen LogP contribution in [0.1, 0.15) is 19.4 Å². The van der Waals surface area contributed by atoms with Crippen molar-refractivity contribution in [2.45, 2.75) is 25.8 Å². The highest BCUT2D eigenvalue weighted by Crippen LogP contribution is 2.34. The van der Waals surface area contributed by atoms with Crippen molar-refractivity contribution in [2.24, 2.45) is 0 Å². The second kappa shape index (κ2) is 5.25. The van der Waals surface area contributed by atoms with E-state index in [9.17, 15) is 0 Å². The molecule has 1 aromatic rings. The lowest BCUT2D eigenvalue weighted by Crippen LogP contribution is -2.46. The second-order valence-electron chi connectivity index (χ2n) is 5.21. The highest BCUT2D eigenvalue weighted by Gasteiger charge is 2.27. The maximum Gasteiger partial charge on any atom is 0.259 e. The Kier molecular flexibility index (Phi) is 3.85. The Balaban J connectivity index is 2.13. The van der Waals surface area contributed by atoms with Gasteiger partial charge in [0, 0.05) is 12.6 Å². The van der Waals surface area contributed by atoms with E-state index >= 15 is 0 Å². The number of likely N-dealkylation sites (N-methyl/N-ethyl adjacent to an activating group) is 1. The van der Waals surface area contributed by atoms with Crippen LogP contribution in [-0.4, -0.2) is 36.6 Å². The van der Waals surface area contributed by atoms with E-state index in [1.807, 2.05) is 24.1 Å². The van der Waals surface area contributed by atoms with Gasteiger partial charge in [0.1, 0.15) is 0 Å². The Hall–Kier alpha value is -1.49. The monoisotopic (exact) mass is 281 g/mol. The smallest absolute Gasteiger partial charge is 0.259 e. The van der Waals surface area contributed by atoms with E-state index in [4.69, 9.17) is 26.4 Å². The van der Waals surface area contributed by atoms with E-state index in [1.165, 1.54) is 5.56 Å². The van der Waals surface area contributed by atoms with Gasteiger partial charge in [-0.2, -0.15) is 0 Å². The van der Waals surface area contributed by atoms with E-state index < -0.39 is 0 Å². The molecular weight excluding hydrogens is 262 g/mol. The van der Waals surface area contributed by atoms with Crippen LogP contribution in [0.15, 0.2) is 18.2 Å². The topological polar surface area (TPSA) is 30.9 Å². The molecule has 5 heteroatoms. The lowest BCUT2D eigenvalue weighted by molar-refractivity contribution is 0.174. The summed E-state index contributed by atoms with van der Waals surface area (Å²) in [6.45, 7) is 4.56. The van der Waals surface area contributed by atoms with Crippen LogP contribution < -0.4 is 9.47 Å². The summed E-state index contributed by atoms with van der Waals surface area (Å²) >= 11 is 5.18. The van der Waals surface area contributed by atoms with Gasteiger partial charge in [-0.3, -0.25) is 0 Å². The molecule has 0 N–H and O–H groups in total. The molecule has 0 bridgehead atoms. The van der Waals surface area contributed by atoms with Crippen molar-refractivity contribution in [1.82, 2.24) is 4.90 Å². The van der Waals surface area contributed by atoms with E-state index in [0.717, 1.165) is 17.9 Å². The van der Waals surface area contributed by atoms with Gasteiger partial charge in [-0.15, -0.1) is 0 Å². The largest absolute Gasteiger partial charge is 0.474 e. The van der Waals surface area contributed by atoms with Crippen LogP contribution in [0.25, 0.3) is 0 Å². The molecule has 1 aliphatic heterocycles.